The summed E-state index contributed by atoms with van der Waals surface area (Å²) in [5.41, 5.74) is 3.02. The predicted octanol–water partition coefficient (Wildman–Crippen LogP) is 4.09. The maximum Gasteiger partial charge on any atom is 0.326 e. The second-order valence-corrected chi connectivity index (χ2v) is 6.86. The summed E-state index contributed by atoms with van der Waals surface area (Å²) in [6, 6.07) is 13.5. The van der Waals surface area contributed by atoms with Gasteiger partial charge in [-0.25, -0.2) is 4.79 Å². The lowest BCUT2D eigenvalue weighted by molar-refractivity contribution is -0.139. The number of benzene rings is 2. The molecule has 1 aromatic heterocycles. The molecule has 0 saturated carbocycles. The highest BCUT2D eigenvalue weighted by Gasteiger charge is 2.20. The number of unbranched alkanes of at least 4 members (excludes halogenated alkanes) is 1. The Kier molecular flexibility index (Phi) is 6.39. The number of carboxylic acids is 1. The monoisotopic (exact) mass is 393 g/mol. The van der Waals surface area contributed by atoms with Crippen molar-refractivity contribution in [2.75, 3.05) is 0 Å². The van der Waals surface area contributed by atoms with Gasteiger partial charge in [-0.1, -0.05) is 37.5 Å². The molecular formula is C22H23N3O4. The zero-order chi connectivity index (χ0) is 20.8. The van der Waals surface area contributed by atoms with Crippen molar-refractivity contribution in [1.29, 1.82) is 0 Å². The molecule has 0 radical (unpaired) electrons. The molecule has 150 valence electrons. The predicted molar refractivity (Wildman–Crippen MR) is 108 cm³/mol. The molecule has 1 atom stereocenters. The van der Waals surface area contributed by atoms with Gasteiger partial charge in [-0.2, -0.15) is 0 Å². The summed E-state index contributed by atoms with van der Waals surface area (Å²) in [6.07, 6.45) is 2.00. The minimum Gasteiger partial charge on any atom is -0.480 e. The Morgan fingerprint density at radius 3 is 2.07 bits per heavy atom. The van der Waals surface area contributed by atoms with Gasteiger partial charge in [0.15, 0.2) is 0 Å². The standard InChI is InChI=1S/C22H23N3O4/c1-3-4-5-18(22(27)28)23-19(26)15-10-12-17(13-11-15)21-25-24-20(29-21)16-8-6-14(2)7-9-16/h6-13,18H,3-5H2,1-2H3,(H,23,26)(H,27,28). The number of hydrogen-bond acceptors (Lipinski definition) is 5. The van der Waals surface area contributed by atoms with E-state index in [2.05, 4.69) is 15.5 Å². The Morgan fingerprint density at radius 2 is 1.55 bits per heavy atom. The minimum atomic E-state index is -1.03. The molecule has 29 heavy (non-hydrogen) atoms. The number of aryl methyl sites for hydroxylation is 1. The van der Waals surface area contributed by atoms with Crippen molar-refractivity contribution in [2.45, 2.75) is 39.2 Å². The van der Waals surface area contributed by atoms with E-state index in [-0.39, 0.29) is 0 Å². The van der Waals surface area contributed by atoms with Crippen LogP contribution in [0.5, 0.6) is 0 Å². The topological polar surface area (TPSA) is 105 Å². The summed E-state index contributed by atoms with van der Waals surface area (Å²) < 4.78 is 5.74. The van der Waals surface area contributed by atoms with Crippen LogP contribution in [-0.2, 0) is 4.79 Å². The Morgan fingerprint density at radius 1 is 1.00 bits per heavy atom. The third-order valence-electron chi connectivity index (χ3n) is 4.57. The fourth-order valence-electron chi connectivity index (χ4n) is 2.82. The summed E-state index contributed by atoms with van der Waals surface area (Å²) in [7, 11) is 0. The minimum absolute atomic E-state index is 0.346. The van der Waals surface area contributed by atoms with Crippen LogP contribution in [0.1, 0.15) is 42.1 Å². The lowest BCUT2D eigenvalue weighted by Gasteiger charge is -2.14. The molecule has 7 heteroatoms. The number of amides is 1. The van der Waals surface area contributed by atoms with Crippen LogP contribution in [-0.4, -0.2) is 33.2 Å². The van der Waals surface area contributed by atoms with Gasteiger partial charge in [0.05, 0.1) is 0 Å². The first-order valence-electron chi connectivity index (χ1n) is 9.52. The van der Waals surface area contributed by atoms with Crippen molar-refractivity contribution in [3.63, 3.8) is 0 Å². The number of nitrogens with zero attached hydrogens (tertiary/aromatic N) is 2. The zero-order valence-corrected chi connectivity index (χ0v) is 16.4. The van der Waals surface area contributed by atoms with E-state index < -0.39 is 17.9 Å². The molecular weight excluding hydrogens is 370 g/mol. The lowest BCUT2D eigenvalue weighted by atomic mass is 10.1. The van der Waals surface area contributed by atoms with E-state index in [0.29, 0.717) is 29.3 Å². The average molecular weight is 393 g/mol. The van der Waals surface area contributed by atoms with E-state index in [1.807, 2.05) is 38.1 Å². The Labute approximate surface area is 168 Å². The van der Waals surface area contributed by atoms with E-state index in [0.717, 1.165) is 24.0 Å². The molecule has 7 nitrogen and oxygen atoms in total. The van der Waals surface area contributed by atoms with Gasteiger partial charge in [0.1, 0.15) is 6.04 Å². The number of carbonyl (C=O) groups excluding carboxylic acids is 1. The smallest absolute Gasteiger partial charge is 0.326 e. The lowest BCUT2D eigenvalue weighted by Crippen LogP contribution is -2.40. The fraction of sp³-hybridized carbons (Fsp3) is 0.273. The van der Waals surface area contributed by atoms with E-state index in [1.165, 1.54) is 0 Å². The molecule has 1 heterocycles. The number of aromatic nitrogens is 2. The molecule has 3 aromatic rings. The van der Waals surface area contributed by atoms with Crippen LogP contribution >= 0.6 is 0 Å². The van der Waals surface area contributed by atoms with Crippen molar-refractivity contribution in [3.05, 3.63) is 59.7 Å². The fourth-order valence-corrected chi connectivity index (χ4v) is 2.82. The molecule has 1 unspecified atom stereocenters. The van der Waals surface area contributed by atoms with Crippen molar-refractivity contribution in [2.24, 2.45) is 0 Å². The molecule has 0 saturated heterocycles. The van der Waals surface area contributed by atoms with Crippen LogP contribution in [0.3, 0.4) is 0 Å². The highest BCUT2D eigenvalue weighted by Crippen LogP contribution is 2.24. The van der Waals surface area contributed by atoms with Crippen molar-refractivity contribution < 1.29 is 19.1 Å². The van der Waals surface area contributed by atoms with E-state index >= 15 is 0 Å². The summed E-state index contributed by atoms with van der Waals surface area (Å²) in [5, 5.41) is 20.0. The molecule has 0 fully saturated rings. The molecule has 1 amide bonds. The number of carbonyl (C=O) groups is 2. The van der Waals surface area contributed by atoms with Crippen LogP contribution in [0.4, 0.5) is 0 Å². The summed E-state index contributed by atoms with van der Waals surface area (Å²) in [4.78, 5) is 23.7. The number of nitrogens with one attached hydrogen (secondary N) is 1. The largest absolute Gasteiger partial charge is 0.480 e. The maximum atomic E-state index is 12.4. The van der Waals surface area contributed by atoms with Crippen LogP contribution in [0.2, 0.25) is 0 Å². The van der Waals surface area contributed by atoms with Crippen LogP contribution in [0.25, 0.3) is 22.9 Å². The van der Waals surface area contributed by atoms with Gasteiger partial charge in [-0.3, -0.25) is 4.79 Å². The molecule has 0 aliphatic heterocycles. The second kappa shape index (κ2) is 9.14. The number of hydrogen-bond donors (Lipinski definition) is 2. The van der Waals surface area contributed by atoms with Gasteiger partial charge < -0.3 is 14.8 Å². The first-order valence-corrected chi connectivity index (χ1v) is 9.52. The van der Waals surface area contributed by atoms with Crippen LogP contribution in [0.15, 0.2) is 52.9 Å². The van der Waals surface area contributed by atoms with Crippen LogP contribution in [0, 0.1) is 6.92 Å². The maximum absolute atomic E-state index is 12.4. The molecule has 0 aliphatic rings. The van der Waals surface area contributed by atoms with Gasteiger partial charge in [-0.05, 0) is 49.7 Å². The van der Waals surface area contributed by atoms with Gasteiger partial charge in [0.25, 0.3) is 5.91 Å². The quantitative estimate of drug-likeness (QED) is 0.597. The second-order valence-electron chi connectivity index (χ2n) is 6.86. The summed E-state index contributed by atoms with van der Waals surface area (Å²) in [5.74, 6) is -0.690. The Bertz CT molecular complexity index is 978. The SMILES string of the molecule is CCCCC(NC(=O)c1ccc(-c2nnc(-c3ccc(C)cc3)o2)cc1)C(=O)O. The molecule has 3 rings (SSSR count). The van der Waals surface area contributed by atoms with Crippen molar-refractivity contribution in [3.8, 4) is 22.9 Å². The van der Waals surface area contributed by atoms with Gasteiger partial charge >= 0.3 is 5.97 Å². The van der Waals surface area contributed by atoms with Gasteiger partial charge in [-0.15, -0.1) is 10.2 Å². The molecule has 0 spiro atoms. The van der Waals surface area contributed by atoms with E-state index in [9.17, 15) is 14.7 Å². The molecule has 2 aromatic carbocycles. The van der Waals surface area contributed by atoms with Crippen LogP contribution < -0.4 is 5.32 Å². The van der Waals surface area contributed by atoms with Gasteiger partial charge in [0, 0.05) is 16.7 Å². The normalized spacial score (nSPS) is 11.8. The summed E-state index contributed by atoms with van der Waals surface area (Å²) >= 11 is 0. The van der Waals surface area contributed by atoms with Crippen molar-refractivity contribution in [1.82, 2.24) is 15.5 Å². The highest BCUT2D eigenvalue weighted by molar-refractivity contribution is 5.96. The van der Waals surface area contributed by atoms with Crippen molar-refractivity contribution >= 4 is 11.9 Å². The number of aliphatic carboxylic acids is 1. The van der Waals surface area contributed by atoms with E-state index in [1.54, 1.807) is 24.3 Å². The Hall–Kier alpha value is -3.48. The van der Waals surface area contributed by atoms with E-state index in [4.69, 9.17) is 4.42 Å². The Balaban J connectivity index is 1.70. The third-order valence-corrected chi connectivity index (χ3v) is 4.57. The first kappa shape index (κ1) is 20.3. The number of carboxylic acid groups (broad SMARTS) is 1. The summed E-state index contributed by atoms with van der Waals surface area (Å²) in [6.45, 7) is 3.98. The number of rotatable bonds is 8. The highest BCUT2D eigenvalue weighted by atomic mass is 16.4. The molecule has 0 bridgehead atoms. The first-order chi connectivity index (χ1) is 14.0. The third kappa shape index (κ3) is 5.07. The molecule has 0 aliphatic carbocycles. The zero-order valence-electron chi connectivity index (χ0n) is 16.4. The average Bonchev–Trinajstić information content (AvgIpc) is 3.21. The molecule has 2 N–H and O–H groups in total. The van der Waals surface area contributed by atoms with Gasteiger partial charge in [0.2, 0.25) is 11.8 Å².